The van der Waals surface area contributed by atoms with Crippen molar-refractivity contribution >= 4 is 27.6 Å². The second kappa shape index (κ2) is 9.23. The lowest BCUT2D eigenvalue weighted by Gasteiger charge is -2.34. The van der Waals surface area contributed by atoms with E-state index in [1.54, 1.807) is 12.1 Å². The van der Waals surface area contributed by atoms with Crippen LogP contribution in [0.3, 0.4) is 0 Å². The number of nitrogens with zero attached hydrogens (tertiary/aromatic N) is 1. The second-order valence-corrected chi connectivity index (χ2v) is 7.13. The van der Waals surface area contributed by atoms with Crippen molar-refractivity contribution in [3.05, 3.63) is 40.4 Å². The van der Waals surface area contributed by atoms with E-state index < -0.39 is 0 Å². The smallest absolute Gasteiger partial charge is 0.338 e. The number of anilines is 1. The van der Waals surface area contributed by atoms with Crippen molar-refractivity contribution in [2.24, 2.45) is 0 Å². The molecule has 24 heavy (non-hydrogen) atoms. The standard InChI is InChI=1S/C19H27BrN2O2/c1-3-10-24-19(23)14-11-15(18(21)17(20)12-14)13-22(4-2)16-8-6-5-7-9-16/h3,11-12,16H,1,4-10,13,21H2,2H3. The van der Waals surface area contributed by atoms with E-state index in [-0.39, 0.29) is 12.6 Å². The largest absolute Gasteiger partial charge is 0.458 e. The van der Waals surface area contributed by atoms with Gasteiger partial charge in [0.05, 0.1) is 11.3 Å². The quantitative estimate of drug-likeness (QED) is 0.419. The van der Waals surface area contributed by atoms with Crippen molar-refractivity contribution in [3.63, 3.8) is 0 Å². The maximum absolute atomic E-state index is 12.1. The van der Waals surface area contributed by atoms with Gasteiger partial charge in [0.2, 0.25) is 0 Å². The van der Waals surface area contributed by atoms with E-state index in [4.69, 9.17) is 10.5 Å². The minimum Gasteiger partial charge on any atom is -0.458 e. The van der Waals surface area contributed by atoms with E-state index in [1.165, 1.54) is 32.1 Å². The third kappa shape index (κ3) is 4.84. The Kier molecular flexibility index (Phi) is 7.31. The Hall–Kier alpha value is -1.33. The van der Waals surface area contributed by atoms with Crippen LogP contribution in [0.4, 0.5) is 5.69 Å². The molecule has 2 rings (SSSR count). The summed E-state index contributed by atoms with van der Waals surface area (Å²) in [5.41, 5.74) is 8.44. The van der Waals surface area contributed by atoms with Crippen molar-refractivity contribution < 1.29 is 9.53 Å². The van der Waals surface area contributed by atoms with Crippen molar-refractivity contribution in [2.75, 3.05) is 18.9 Å². The number of nitrogen functional groups attached to an aromatic ring is 1. The van der Waals surface area contributed by atoms with Crippen LogP contribution < -0.4 is 5.73 Å². The molecule has 1 aliphatic rings. The first kappa shape index (κ1) is 19.0. The maximum atomic E-state index is 12.1. The van der Waals surface area contributed by atoms with Crippen LogP contribution in [-0.2, 0) is 11.3 Å². The van der Waals surface area contributed by atoms with E-state index in [9.17, 15) is 4.79 Å². The number of halogens is 1. The van der Waals surface area contributed by atoms with Crippen LogP contribution in [0.1, 0.15) is 54.9 Å². The fourth-order valence-corrected chi connectivity index (χ4v) is 3.81. The van der Waals surface area contributed by atoms with Crippen LogP contribution in [-0.4, -0.2) is 30.1 Å². The van der Waals surface area contributed by atoms with Gasteiger partial charge in [-0.2, -0.15) is 0 Å². The fraction of sp³-hybridized carbons (Fsp3) is 0.526. The molecule has 0 aliphatic heterocycles. The number of nitrogens with two attached hydrogens (primary N) is 1. The number of hydrogen-bond donors (Lipinski definition) is 1. The summed E-state index contributed by atoms with van der Waals surface area (Å²) in [5, 5.41) is 0. The van der Waals surface area contributed by atoms with Crippen molar-refractivity contribution in [1.29, 1.82) is 0 Å². The third-order valence-electron chi connectivity index (χ3n) is 4.65. The molecule has 5 heteroatoms. The van der Waals surface area contributed by atoms with Crippen molar-refractivity contribution in [2.45, 2.75) is 51.6 Å². The average molecular weight is 395 g/mol. The summed E-state index contributed by atoms with van der Waals surface area (Å²) < 4.78 is 5.88. The highest BCUT2D eigenvalue weighted by molar-refractivity contribution is 9.10. The lowest BCUT2D eigenvalue weighted by molar-refractivity contribution is 0.0549. The lowest BCUT2D eigenvalue weighted by Crippen LogP contribution is -2.36. The molecule has 0 saturated heterocycles. The number of ether oxygens (including phenoxy) is 1. The van der Waals surface area contributed by atoms with E-state index in [2.05, 4.69) is 34.3 Å². The molecule has 0 unspecified atom stereocenters. The van der Waals surface area contributed by atoms with Crippen molar-refractivity contribution in [1.82, 2.24) is 4.90 Å². The molecule has 1 aromatic rings. The number of esters is 1. The molecule has 0 amide bonds. The molecule has 0 atom stereocenters. The molecule has 0 bridgehead atoms. The van der Waals surface area contributed by atoms with Gasteiger partial charge in [-0.05, 0) is 53.0 Å². The summed E-state index contributed by atoms with van der Waals surface area (Å²) >= 11 is 3.47. The highest BCUT2D eigenvalue weighted by Crippen LogP contribution is 2.29. The molecule has 1 aromatic carbocycles. The van der Waals surface area contributed by atoms with Gasteiger partial charge in [-0.25, -0.2) is 4.79 Å². The van der Waals surface area contributed by atoms with Crippen LogP contribution in [0, 0.1) is 0 Å². The first-order valence-corrected chi connectivity index (χ1v) is 9.46. The van der Waals surface area contributed by atoms with Gasteiger partial charge >= 0.3 is 5.97 Å². The molecule has 132 valence electrons. The predicted octanol–water partition coefficient (Wildman–Crippen LogP) is 4.53. The minimum absolute atomic E-state index is 0.208. The summed E-state index contributed by atoms with van der Waals surface area (Å²) in [7, 11) is 0. The third-order valence-corrected chi connectivity index (χ3v) is 5.31. The SMILES string of the molecule is C=CCOC(=O)c1cc(Br)c(N)c(CN(CC)C2CCCCC2)c1. The highest BCUT2D eigenvalue weighted by atomic mass is 79.9. The topological polar surface area (TPSA) is 55.6 Å². The van der Waals surface area contributed by atoms with E-state index in [0.717, 1.165) is 23.1 Å². The molecule has 1 aliphatic carbocycles. The van der Waals surface area contributed by atoms with Gasteiger partial charge in [-0.3, -0.25) is 4.90 Å². The van der Waals surface area contributed by atoms with Crippen LogP contribution in [0.15, 0.2) is 29.3 Å². The first-order valence-electron chi connectivity index (χ1n) is 8.66. The molecule has 4 nitrogen and oxygen atoms in total. The van der Waals surface area contributed by atoms with Crippen LogP contribution in [0.5, 0.6) is 0 Å². The highest BCUT2D eigenvalue weighted by Gasteiger charge is 2.22. The second-order valence-electron chi connectivity index (χ2n) is 6.27. The lowest BCUT2D eigenvalue weighted by atomic mass is 9.93. The van der Waals surface area contributed by atoms with E-state index >= 15 is 0 Å². The molecular formula is C19H27BrN2O2. The zero-order chi connectivity index (χ0) is 17.5. The summed E-state index contributed by atoms with van der Waals surface area (Å²) in [6.07, 6.45) is 7.99. The molecule has 0 heterocycles. The number of hydrogen-bond acceptors (Lipinski definition) is 4. The Labute approximate surface area is 153 Å². The van der Waals surface area contributed by atoms with E-state index in [0.29, 0.717) is 17.3 Å². The summed E-state index contributed by atoms with van der Waals surface area (Å²) in [6, 6.07) is 4.19. The van der Waals surface area contributed by atoms with Crippen molar-refractivity contribution in [3.8, 4) is 0 Å². The fourth-order valence-electron chi connectivity index (χ4n) is 3.31. The molecule has 0 spiro atoms. The number of carbonyl (C=O) groups excluding carboxylic acids is 1. The molecule has 2 N–H and O–H groups in total. The number of benzene rings is 1. The summed E-state index contributed by atoms with van der Waals surface area (Å²) in [6.45, 7) is 7.69. The average Bonchev–Trinajstić information content (AvgIpc) is 2.61. The van der Waals surface area contributed by atoms with Gasteiger partial charge in [0.25, 0.3) is 0 Å². The van der Waals surface area contributed by atoms with Gasteiger partial charge in [-0.1, -0.05) is 38.8 Å². The zero-order valence-electron chi connectivity index (χ0n) is 14.4. The minimum atomic E-state index is -0.349. The Morgan fingerprint density at radius 2 is 2.12 bits per heavy atom. The Bertz CT molecular complexity index is 583. The molecule has 0 radical (unpaired) electrons. The zero-order valence-corrected chi connectivity index (χ0v) is 16.0. The predicted molar refractivity (Wildman–Crippen MR) is 102 cm³/mol. The van der Waals surface area contributed by atoms with Gasteiger partial charge < -0.3 is 10.5 Å². The van der Waals surface area contributed by atoms with Gasteiger partial charge in [0, 0.05) is 17.1 Å². The summed E-state index contributed by atoms with van der Waals surface area (Å²) in [5.74, 6) is -0.349. The monoisotopic (exact) mass is 394 g/mol. The number of carbonyl (C=O) groups is 1. The van der Waals surface area contributed by atoms with Crippen LogP contribution in [0.2, 0.25) is 0 Å². The van der Waals surface area contributed by atoms with Gasteiger partial charge in [0.15, 0.2) is 0 Å². The van der Waals surface area contributed by atoms with Crippen LogP contribution in [0.25, 0.3) is 0 Å². The Morgan fingerprint density at radius 1 is 1.42 bits per heavy atom. The number of rotatable bonds is 7. The Balaban J connectivity index is 2.19. The first-order chi connectivity index (χ1) is 11.6. The molecule has 1 fully saturated rings. The molecule has 0 aromatic heterocycles. The van der Waals surface area contributed by atoms with E-state index in [1.807, 2.05) is 6.07 Å². The normalized spacial score (nSPS) is 15.5. The van der Waals surface area contributed by atoms with Crippen LogP contribution >= 0.6 is 15.9 Å². The summed E-state index contributed by atoms with van der Waals surface area (Å²) in [4.78, 5) is 14.6. The van der Waals surface area contributed by atoms with Gasteiger partial charge in [-0.15, -0.1) is 0 Å². The molecule has 1 saturated carbocycles. The molecular weight excluding hydrogens is 368 g/mol. The van der Waals surface area contributed by atoms with Gasteiger partial charge in [0.1, 0.15) is 6.61 Å². The maximum Gasteiger partial charge on any atom is 0.338 e. The Morgan fingerprint density at radius 3 is 2.75 bits per heavy atom.